The highest BCUT2D eigenvalue weighted by Gasteiger charge is 2.14. The molecule has 0 unspecified atom stereocenters. The van der Waals surface area contributed by atoms with E-state index in [2.05, 4.69) is 4.90 Å². The van der Waals surface area contributed by atoms with Gasteiger partial charge in [-0.25, -0.2) is 4.79 Å². The zero-order chi connectivity index (χ0) is 22.3. The van der Waals surface area contributed by atoms with Gasteiger partial charge in [-0.3, -0.25) is 9.13 Å². The second-order valence-corrected chi connectivity index (χ2v) is 8.78. The van der Waals surface area contributed by atoms with Gasteiger partial charge in [0.1, 0.15) is 18.1 Å². The third-order valence-electron chi connectivity index (χ3n) is 6.02. The van der Waals surface area contributed by atoms with Crippen molar-refractivity contribution in [3.63, 3.8) is 0 Å². The van der Waals surface area contributed by atoms with E-state index in [0.717, 1.165) is 36.0 Å². The summed E-state index contributed by atoms with van der Waals surface area (Å²) < 4.78 is 15.0. The number of hydrogen-bond donors (Lipinski definition) is 0. The van der Waals surface area contributed by atoms with E-state index in [1.54, 1.807) is 21.5 Å². The van der Waals surface area contributed by atoms with Crippen molar-refractivity contribution < 1.29 is 9.47 Å². The largest absolute Gasteiger partial charge is 0.493 e. The van der Waals surface area contributed by atoms with E-state index in [4.69, 9.17) is 9.47 Å². The molecule has 6 nitrogen and oxygen atoms in total. The first kappa shape index (κ1) is 22.2. The molecule has 0 radical (unpaired) electrons. The Balaban J connectivity index is 1.39. The summed E-state index contributed by atoms with van der Waals surface area (Å²) in [5.41, 5.74) is 1.52. The normalized spacial score (nSPS) is 14.6. The van der Waals surface area contributed by atoms with Crippen LogP contribution in [0.2, 0.25) is 0 Å². The number of rotatable bonds is 9. The van der Waals surface area contributed by atoms with Gasteiger partial charge in [-0.15, -0.1) is 0 Å². The minimum Gasteiger partial charge on any atom is -0.493 e. The van der Waals surface area contributed by atoms with Crippen LogP contribution in [0.3, 0.4) is 0 Å². The monoisotopic (exact) mass is 435 g/mol. The van der Waals surface area contributed by atoms with Crippen molar-refractivity contribution in [1.82, 2.24) is 14.0 Å². The average molecular weight is 436 g/mol. The number of hydrogen-bond acceptors (Lipinski definition) is 4. The molecule has 4 rings (SSSR count). The molecule has 0 atom stereocenters. The Kier molecular flexibility index (Phi) is 7.32. The molecule has 0 amide bonds. The summed E-state index contributed by atoms with van der Waals surface area (Å²) in [6.45, 7) is 2.27. The number of likely N-dealkylation sites (N-methyl/N-ethyl adjacent to an activating group) is 1. The maximum atomic E-state index is 13.0. The Bertz CT molecular complexity index is 1030. The molecular formula is C26H33N3O3. The quantitative estimate of drug-likeness (QED) is 0.496. The van der Waals surface area contributed by atoms with Crippen molar-refractivity contribution in [1.29, 1.82) is 0 Å². The highest BCUT2D eigenvalue weighted by atomic mass is 16.5. The van der Waals surface area contributed by atoms with Crippen LogP contribution in [0.25, 0.3) is 11.4 Å². The lowest BCUT2D eigenvalue weighted by molar-refractivity contribution is 0.209. The predicted molar refractivity (Wildman–Crippen MR) is 127 cm³/mol. The van der Waals surface area contributed by atoms with E-state index >= 15 is 0 Å². The van der Waals surface area contributed by atoms with Gasteiger partial charge in [0.15, 0.2) is 0 Å². The summed E-state index contributed by atoms with van der Waals surface area (Å²) in [5.74, 6) is 2.33. The summed E-state index contributed by atoms with van der Waals surface area (Å²) in [6.07, 6.45) is 10.1. The lowest BCUT2D eigenvalue weighted by Crippen LogP contribution is -2.21. The lowest BCUT2D eigenvalue weighted by Gasteiger charge is -2.21. The maximum absolute atomic E-state index is 13.0. The Hall–Kier alpha value is -2.99. The second kappa shape index (κ2) is 10.6. The molecule has 1 aliphatic rings. The summed E-state index contributed by atoms with van der Waals surface area (Å²) in [6, 6.07) is 15.4. The molecule has 32 heavy (non-hydrogen) atoms. The molecule has 0 aliphatic heterocycles. The van der Waals surface area contributed by atoms with Crippen molar-refractivity contribution >= 4 is 0 Å². The SMILES string of the molecule is CN(C)CCOc1ccc(-n2ccn(-c3ccc(OCC4CCCCC4)cc3)c2=O)cc1. The van der Waals surface area contributed by atoms with Gasteiger partial charge in [-0.1, -0.05) is 19.3 Å². The first-order chi connectivity index (χ1) is 15.6. The molecule has 3 aromatic rings. The van der Waals surface area contributed by atoms with Gasteiger partial charge in [0.2, 0.25) is 0 Å². The molecule has 6 heteroatoms. The van der Waals surface area contributed by atoms with Crippen molar-refractivity contribution in [3.05, 3.63) is 71.4 Å². The molecular weight excluding hydrogens is 402 g/mol. The summed E-state index contributed by atoms with van der Waals surface area (Å²) in [5, 5.41) is 0. The Morgan fingerprint density at radius 3 is 1.88 bits per heavy atom. The van der Waals surface area contributed by atoms with E-state index in [9.17, 15) is 4.79 Å². The molecule has 0 saturated heterocycles. The average Bonchev–Trinajstić information content (AvgIpc) is 3.20. The highest BCUT2D eigenvalue weighted by Crippen LogP contribution is 2.25. The Labute approximate surface area is 190 Å². The third-order valence-corrected chi connectivity index (χ3v) is 6.02. The van der Waals surface area contributed by atoms with Crippen LogP contribution in [0.1, 0.15) is 32.1 Å². The molecule has 0 spiro atoms. The minimum atomic E-state index is -0.109. The standard InChI is InChI=1S/C26H33N3O3/c1-27(2)18-19-31-24-12-8-22(9-13-24)28-16-17-29(26(28)30)23-10-14-25(15-11-23)32-20-21-6-4-3-5-7-21/h8-17,21H,3-7,18-20H2,1-2H3. The van der Waals surface area contributed by atoms with Crippen LogP contribution in [0.4, 0.5) is 0 Å². The van der Waals surface area contributed by atoms with Crippen LogP contribution in [0.5, 0.6) is 11.5 Å². The lowest BCUT2D eigenvalue weighted by atomic mass is 9.90. The molecule has 170 valence electrons. The van der Waals surface area contributed by atoms with Crippen LogP contribution in [0.15, 0.2) is 65.7 Å². The molecule has 0 bridgehead atoms. The fourth-order valence-electron chi connectivity index (χ4n) is 4.09. The maximum Gasteiger partial charge on any atom is 0.337 e. The Morgan fingerprint density at radius 2 is 1.34 bits per heavy atom. The molecule has 1 heterocycles. The van der Waals surface area contributed by atoms with Gasteiger partial charge < -0.3 is 14.4 Å². The first-order valence-electron chi connectivity index (χ1n) is 11.5. The molecule has 0 N–H and O–H groups in total. The van der Waals surface area contributed by atoms with Crippen LogP contribution >= 0.6 is 0 Å². The highest BCUT2D eigenvalue weighted by molar-refractivity contribution is 5.40. The van der Waals surface area contributed by atoms with E-state index in [1.807, 2.05) is 62.6 Å². The second-order valence-electron chi connectivity index (χ2n) is 8.78. The van der Waals surface area contributed by atoms with Gasteiger partial charge >= 0.3 is 5.69 Å². The van der Waals surface area contributed by atoms with Crippen LogP contribution in [0, 0.1) is 5.92 Å². The van der Waals surface area contributed by atoms with E-state index < -0.39 is 0 Å². The van der Waals surface area contributed by atoms with E-state index in [1.165, 1.54) is 32.1 Å². The van der Waals surface area contributed by atoms with Crippen LogP contribution in [-0.4, -0.2) is 47.9 Å². The molecule has 1 fully saturated rings. The Morgan fingerprint density at radius 1 is 0.812 bits per heavy atom. The molecule has 1 saturated carbocycles. The molecule has 1 aliphatic carbocycles. The fourth-order valence-corrected chi connectivity index (χ4v) is 4.09. The summed E-state index contributed by atoms with van der Waals surface area (Å²) in [7, 11) is 4.03. The minimum absolute atomic E-state index is 0.109. The zero-order valence-corrected chi connectivity index (χ0v) is 19.1. The summed E-state index contributed by atoms with van der Waals surface area (Å²) >= 11 is 0. The summed E-state index contributed by atoms with van der Waals surface area (Å²) in [4.78, 5) is 15.1. The first-order valence-corrected chi connectivity index (χ1v) is 11.5. The predicted octanol–water partition coefficient (Wildman–Crippen LogP) is 4.53. The zero-order valence-electron chi connectivity index (χ0n) is 19.1. The van der Waals surface area contributed by atoms with Crippen LogP contribution in [-0.2, 0) is 0 Å². The molecule has 2 aromatic carbocycles. The van der Waals surface area contributed by atoms with Crippen LogP contribution < -0.4 is 15.2 Å². The van der Waals surface area contributed by atoms with Crippen molar-refractivity contribution in [2.24, 2.45) is 5.92 Å². The fraction of sp³-hybridized carbons (Fsp3) is 0.423. The van der Waals surface area contributed by atoms with Gasteiger partial charge in [-0.2, -0.15) is 0 Å². The number of aromatic nitrogens is 2. The third kappa shape index (κ3) is 5.62. The van der Waals surface area contributed by atoms with Crippen molar-refractivity contribution in [2.75, 3.05) is 33.9 Å². The van der Waals surface area contributed by atoms with Gasteiger partial charge in [0.25, 0.3) is 0 Å². The smallest absolute Gasteiger partial charge is 0.337 e. The van der Waals surface area contributed by atoms with Gasteiger partial charge in [0, 0.05) is 18.9 Å². The molecule has 1 aromatic heterocycles. The number of imidazole rings is 1. The van der Waals surface area contributed by atoms with Gasteiger partial charge in [0.05, 0.1) is 18.0 Å². The number of nitrogens with zero attached hydrogens (tertiary/aromatic N) is 3. The van der Waals surface area contributed by atoms with Crippen molar-refractivity contribution in [3.8, 4) is 22.9 Å². The topological polar surface area (TPSA) is 48.6 Å². The van der Waals surface area contributed by atoms with E-state index in [-0.39, 0.29) is 5.69 Å². The number of ether oxygens (including phenoxy) is 2. The van der Waals surface area contributed by atoms with E-state index in [0.29, 0.717) is 12.5 Å². The number of benzene rings is 2. The van der Waals surface area contributed by atoms with Gasteiger partial charge in [-0.05, 0) is 81.4 Å². The van der Waals surface area contributed by atoms with Crippen molar-refractivity contribution in [2.45, 2.75) is 32.1 Å².